The van der Waals surface area contributed by atoms with Crippen LogP contribution < -0.4 is 4.90 Å². The second-order valence-electron chi connectivity index (χ2n) is 7.85. The largest absolute Gasteiger partial charge is 0.369 e. The van der Waals surface area contributed by atoms with E-state index in [-0.39, 0.29) is 10.5 Å². The van der Waals surface area contributed by atoms with Crippen LogP contribution in [0.5, 0.6) is 0 Å². The molecule has 4 rings (SSSR count). The lowest BCUT2D eigenvalue weighted by Crippen LogP contribution is -2.61. The van der Waals surface area contributed by atoms with E-state index in [1.807, 2.05) is 24.0 Å². The number of rotatable bonds is 4. The van der Waals surface area contributed by atoms with Gasteiger partial charge in [-0.2, -0.15) is 0 Å². The highest BCUT2D eigenvalue weighted by Crippen LogP contribution is 2.42. The predicted octanol–water partition coefficient (Wildman–Crippen LogP) is 5.69. The Hall–Kier alpha value is -1.77. The molecule has 0 radical (unpaired) electrons. The molecule has 33 heavy (non-hydrogen) atoms. The summed E-state index contributed by atoms with van der Waals surface area (Å²) in [6.07, 6.45) is 0.270. The molecule has 10 heteroatoms. The third-order valence-electron chi connectivity index (χ3n) is 5.61. The van der Waals surface area contributed by atoms with Crippen molar-refractivity contribution in [3.63, 3.8) is 0 Å². The van der Waals surface area contributed by atoms with Crippen molar-refractivity contribution in [1.29, 1.82) is 0 Å². The summed E-state index contributed by atoms with van der Waals surface area (Å²) < 4.78 is 12.1. The predicted molar refractivity (Wildman–Crippen MR) is 133 cm³/mol. The molecule has 2 aromatic rings. The fourth-order valence-electron chi connectivity index (χ4n) is 3.92. The molecule has 2 aromatic carbocycles. The zero-order valence-corrected chi connectivity index (χ0v) is 20.8. The van der Waals surface area contributed by atoms with Gasteiger partial charge in [0.15, 0.2) is 0 Å². The number of nitrogens with zero attached hydrogens (tertiary/aromatic N) is 3. The number of hydrogen-bond acceptors (Lipinski definition) is 5. The van der Waals surface area contributed by atoms with Gasteiger partial charge >= 0.3 is 0 Å². The third kappa shape index (κ3) is 5.33. The molecule has 0 saturated carbocycles. The first-order valence-electron chi connectivity index (χ1n) is 10.3. The number of hydrogen-bond donors (Lipinski definition) is 0. The van der Waals surface area contributed by atoms with Crippen LogP contribution in [0.25, 0.3) is 6.08 Å². The topological polar surface area (TPSA) is 43.9 Å². The first-order chi connectivity index (χ1) is 15.6. The molecule has 0 bridgehead atoms. The Balaban J connectivity index is 1.54. The minimum absolute atomic E-state index is 0.0858. The Morgan fingerprint density at radius 2 is 1.64 bits per heavy atom. The van der Waals surface area contributed by atoms with Crippen LogP contribution in [0.3, 0.4) is 0 Å². The number of benzene rings is 2. The Morgan fingerprint density at radius 1 is 1.00 bits per heavy atom. The zero-order valence-electron chi connectivity index (χ0n) is 17.7. The maximum atomic E-state index is 14.1. The lowest BCUT2D eigenvalue weighted by molar-refractivity contribution is -0.127. The Bertz CT molecular complexity index is 1080. The Morgan fingerprint density at radius 3 is 2.24 bits per heavy atom. The summed E-state index contributed by atoms with van der Waals surface area (Å²) in [6.45, 7) is 4.29. The number of thioether (sulfide) groups is 1. The van der Waals surface area contributed by atoms with E-state index < -0.39 is 26.9 Å². The fraction of sp³-hybridized carbons (Fsp3) is 0.304. The van der Waals surface area contributed by atoms with Gasteiger partial charge in [-0.15, -0.1) is 0 Å². The van der Waals surface area contributed by atoms with E-state index >= 15 is 0 Å². The number of alkyl halides is 3. The van der Waals surface area contributed by atoms with E-state index in [1.54, 1.807) is 12.1 Å². The first-order valence-corrected chi connectivity index (χ1v) is 12.2. The maximum Gasteiger partial charge on any atom is 0.295 e. The normalized spacial score (nSPS) is 20.1. The molecule has 5 nitrogen and oxygen atoms in total. The molecule has 0 spiro atoms. The maximum absolute atomic E-state index is 14.1. The van der Waals surface area contributed by atoms with Crippen molar-refractivity contribution in [1.82, 2.24) is 9.80 Å². The molecular weight excluding hydrogens is 508 g/mol. The van der Waals surface area contributed by atoms with Crippen molar-refractivity contribution in [3.05, 3.63) is 70.4 Å². The van der Waals surface area contributed by atoms with Crippen molar-refractivity contribution < 1.29 is 14.0 Å². The van der Waals surface area contributed by atoms with Crippen LogP contribution in [0.15, 0.2) is 53.4 Å². The van der Waals surface area contributed by atoms with Crippen LogP contribution in [0, 0.1) is 12.7 Å². The molecular formula is C23H21Cl3FN3O2S. The second-order valence-corrected chi connectivity index (χ2v) is 11.2. The summed E-state index contributed by atoms with van der Waals surface area (Å²) in [5.41, 5.74) is 2.47. The first kappa shape index (κ1) is 24.4. The zero-order chi connectivity index (χ0) is 23.8. The van der Waals surface area contributed by atoms with Gasteiger partial charge in [0.25, 0.3) is 11.1 Å². The van der Waals surface area contributed by atoms with Gasteiger partial charge in [0.05, 0.1) is 4.91 Å². The third-order valence-corrected chi connectivity index (χ3v) is 7.08. The average Bonchev–Trinajstić information content (AvgIpc) is 3.03. The van der Waals surface area contributed by atoms with Gasteiger partial charge in [0.2, 0.25) is 3.79 Å². The molecule has 0 aromatic heterocycles. The minimum Gasteiger partial charge on any atom is -0.369 e. The molecule has 174 valence electrons. The second kappa shape index (κ2) is 9.84. The SMILES string of the molecule is Cc1ccc(N2CCN([C@@H](N3C(=O)S/C(=C/c4ccccc4F)C3=O)C(Cl)(Cl)Cl)CC2)cc1. The van der Waals surface area contributed by atoms with Gasteiger partial charge in [0.1, 0.15) is 12.0 Å². The van der Waals surface area contributed by atoms with E-state index in [0.717, 1.165) is 10.6 Å². The molecule has 1 atom stereocenters. The van der Waals surface area contributed by atoms with Crippen molar-refractivity contribution >= 4 is 69.5 Å². The minimum atomic E-state index is -1.93. The van der Waals surface area contributed by atoms with E-state index in [9.17, 15) is 14.0 Å². The molecule has 2 aliphatic heterocycles. The molecule has 0 unspecified atom stereocenters. The van der Waals surface area contributed by atoms with Gasteiger partial charge < -0.3 is 4.90 Å². The highest BCUT2D eigenvalue weighted by Gasteiger charge is 2.51. The number of aryl methyl sites for hydroxylation is 1. The van der Waals surface area contributed by atoms with E-state index in [4.69, 9.17) is 34.8 Å². The van der Waals surface area contributed by atoms with Crippen LogP contribution in [0.4, 0.5) is 14.9 Å². The van der Waals surface area contributed by atoms with Gasteiger partial charge in [-0.05, 0) is 43.0 Å². The summed E-state index contributed by atoms with van der Waals surface area (Å²) in [6, 6.07) is 14.2. The van der Waals surface area contributed by atoms with Gasteiger partial charge in [0, 0.05) is 37.4 Å². The highest BCUT2D eigenvalue weighted by molar-refractivity contribution is 8.18. The fourth-order valence-corrected chi connectivity index (χ4v) is 5.47. The lowest BCUT2D eigenvalue weighted by atomic mass is 10.2. The van der Waals surface area contributed by atoms with Gasteiger partial charge in [-0.25, -0.2) is 9.29 Å². The van der Waals surface area contributed by atoms with E-state index in [0.29, 0.717) is 37.9 Å². The quantitative estimate of drug-likeness (QED) is 0.377. The van der Waals surface area contributed by atoms with Crippen LogP contribution in [0.2, 0.25) is 0 Å². The van der Waals surface area contributed by atoms with E-state index in [1.165, 1.54) is 23.8 Å². The number of piperazine rings is 1. The summed E-state index contributed by atoms with van der Waals surface area (Å²) in [7, 11) is 0. The van der Waals surface area contributed by atoms with Crippen LogP contribution in [-0.4, -0.2) is 57.1 Å². The molecule has 0 aliphatic carbocycles. The summed E-state index contributed by atoms with van der Waals surface area (Å²) >= 11 is 19.6. The van der Waals surface area contributed by atoms with Crippen LogP contribution in [0.1, 0.15) is 11.1 Å². The molecule has 2 amide bonds. The van der Waals surface area contributed by atoms with Crippen LogP contribution >= 0.6 is 46.6 Å². The van der Waals surface area contributed by atoms with Crippen molar-refractivity contribution in [2.75, 3.05) is 31.1 Å². The Kier molecular flexibility index (Phi) is 7.26. The van der Waals surface area contributed by atoms with Crippen molar-refractivity contribution in [2.24, 2.45) is 0 Å². The van der Waals surface area contributed by atoms with Crippen molar-refractivity contribution in [3.8, 4) is 0 Å². The molecule has 0 N–H and O–H groups in total. The number of carbonyl (C=O) groups excluding carboxylic acids is 2. The summed E-state index contributed by atoms with van der Waals surface area (Å²) in [4.78, 5) is 31.1. The lowest BCUT2D eigenvalue weighted by Gasteiger charge is -2.44. The van der Waals surface area contributed by atoms with E-state index in [2.05, 4.69) is 17.0 Å². The smallest absolute Gasteiger partial charge is 0.295 e. The standard InChI is InChI=1S/C23H21Cl3FN3O2S/c1-15-6-8-17(9-7-15)28-10-12-29(13-11-28)21(23(24,25)26)30-20(31)19(33-22(30)32)14-16-4-2-3-5-18(16)27/h2-9,14,21H,10-13H2,1H3/b19-14+/t21-/m0/s1. The van der Waals surface area contributed by atoms with Gasteiger partial charge in [-0.1, -0.05) is 70.7 Å². The molecule has 2 aliphatic rings. The summed E-state index contributed by atoms with van der Waals surface area (Å²) in [5, 5.41) is -0.556. The number of amides is 2. The number of halogens is 4. The number of carbonyl (C=O) groups is 2. The van der Waals surface area contributed by atoms with Crippen molar-refractivity contribution in [2.45, 2.75) is 16.9 Å². The van der Waals surface area contributed by atoms with Gasteiger partial charge in [-0.3, -0.25) is 14.5 Å². The monoisotopic (exact) mass is 527 g/mol. The molecule has 2 heterocycles. The molecule has 2 fully saturated rings. The number of anilines is 1. The highest BCUT2D eigenvalue weighted by atomic mass is 35.6. The average molecular weight is 529 g/mol. The number of imide groups is 1. The Labute approximate surface area is 211 Å². The summed E-state index contributed by atoms with van der Waals surface area (Å²) in [5.74, 6) is -1.10. The molecule has 2 saturated heterocycles. The van der Waals surface area contributed by atoms with Crippen LogP contribution in [-0.2, 0) is 4.79 Å².